The lowest BCUT2D eigenvalue weighted by Crippen LogP contribution is -2.41. The first-order valence-corrected chi connectivity index (χ1v) is 32.6. The molecular weight excluding hydrogens is 1420 g/mol. The molecule has 1 fully saturated rings. The smallest absolute Gasteiger partial charge is 0.494 e. The van der Waals surface area contributed by atoms with Crippen LogP contribution in [0.5, 0.6) is 23.0 Å². The minimum absolute atomic E-state index is 0.217. The van der Waals surface area contributed by atoms with Crippen molar-refractivity contribution in [2.45, 2.75) is 52.7 Å². The number of benzene rings is 7. The third-order valence-corrected chi connectivity index (χ3v) is 17.7. The number of anilines is 3. The van der Waals surface area contributed by atoms with Crippen molar-refractivity contribution in [3.63, 3.8) is 0 Å². The van der Waals surface area contributed by atoms with Gasteiger partial charge in [-0.25, -0.2) is 19.7 Å². The number of aryl methyl sites for hydroxylation is 2. The molecule has 504 valence electrons. The lowest BCUT2D eigenvalue weighted by Gasteiger charge is -2.32. The molecule has 7 aromatic carbocycles. The van der Waals surface area contributed by atoms with Crippen LogP contribution in [0.15, 0.2) is 206 Å². The number of halogens is 2. The average Bonchev–Trinajstić information content (AvgIpc) is 1.64. The molecular formula is C70H67BBr2N10O13S2. The molecule has 98 heavy (non-hydrogen) atoms. The Labute approximate surface area is 590 Å². The van der Waals surface area contributed by atoms with Crippen molar-refractivity contribution in [2.24, 2.45) is 0 Å². The Hall–Kier alpha value is -10.4. The van der Waals surface area contributed by atoms with Gasteiger partial charge in [0.2, 0.25) is 0 Å². The number of ether oxygens (including phenoxy) is 4. The summed E-state index contributed by atoms with van der Waals surface area (Å²) < 4.78 is 57.7. The molecule has 0 radical (unpaired) electrons. The van der Waals surface area contributed by atoms with E-state index in [2.05, 4.69) is 71.3 Å². The summed E-state index contributed by atoms with van der Waals surface area (Å²) in [4.78, 5) is 45.3. The van der Waals surface area contributed by atoms with Crippen molar-refractivity contribution >= 4 is 103 Å². The van der Waals surface area contributed by atoms with Gasteiger partial charge in [-0.2, -0.15) is 0 Å². The Bertz CT molecular complexity index is 4530. The molecule has 5 aromatic heterocycles. The number of nitrogens with two attached hydrogens (primary N) is 2. The van der Waals surface area contributed by atoms with Crippen molar-refractivity contribution in [1.29, 1.82) is 0 Å². The standard InChI is InChI=1S/C20H16N4O3S.C16H14N2O2.C12H18BNO2.C10H8BrNO2.C8H7BrO2.C4H4N2O2S/c1-12-19(28-24-23-12)20(25)22-15-6-3-13(4-7-15)16-9-14(5-8-17(16)26-2)18-10-21-11-27-18;1-19-15-7-4-12(16-9-18-10-20-16)8-14(15)11-2-5-13(17)6-3-11;1-11(2)12(3,4)16-13(15-11)9-5-7-10(14)8-6-9;1-13-9-3-2-7(4-8(9)11)10-5-12-6-14-10;1-11-8-3-2-6(5-10)4-7(8)9;1-2-3(4(7)8)9-6-5-2/h3-11H,1-2H3,(H,22,25);2-10H,17H2,1H3;5-8H,14H2,1-4H3;2-6H,1H3;2-5H,1H3;1H3,(H,7,8). The van der Waals surface area contributed by atoms with E-state index in [0.29, 0.717) is 33.3 Å². The van der Waals surface area contributed by atoms with Crippen molar-refractivity contribution in [3.05, 3.63) is 219 Å². The number of hydrogen-bond acceptors (Lipinski definition) is 23. The van der Waals surface area contributed by atoms with E-state index < -0.39 is 5.97 Å². The average molecular weight is 1490 g/mol. The summed E-state index contributed by atoms with van der Waals surface area (Å²) >= 11 is 8.65. The van der Waals surface area contributed by atoms with Gasteiger partial charge in [-0.15, -0.1) is 10.2 Å². The Morgan fingerprint density at radius 3 is 1.29 bits per heavy atom. The molecule has 13 rings (SSSR count). The number of aromatic carboxylic acids is 1. The summed E-state index contributed by atoms with van der Waals surface area (Å²) in [5.74, 6) is 4.06. The van der Waals surface area contributed by atoms with Crippen LogP contribution in [0.3, 0.4) is 0 Å². The highest BCUT2D eigenvalue weighted by Gasteiger charge is 2.51. The molecule has 1 saturated heterocycles. The first-order chi connectivity index (χ1) is 47.0. The summed E-state index contributed by atoms with van der Waals surface area (Å²) in [6, 6.07) is 45.4. The fourth-order valence-corrected chi connectivity index (χ4v) is 11.1. The van der Waals surface area contributed by atoms with Crippen LogP contribution in [0, 0.1) is 13.8 Å². The number of hydrogen-bond donors (Lipinski definition) is 4. The zero-order chi connectivity index (χ0) is 70.5. The maximum absolute atomic E-state index is 12.3. The Balaban J connectivity index is 0.000000156. The first-order valence-electron chi connectivity index (χ1n) is 29.5. The number of aromatic nitrogens is 7. The van der Waals surface area contributed by atoms with Crippen LogP contribution in [0.25, 0.3) is 56.2 Å². The van der Waals surface area contributed by atoms with Gasteiger partial charge < -0.3 is 63.4 Å². The molecule has 1 amide bonds. The van der Waals surface area contributed by atoms with E-state index in [-0.39, 0.29) is 29.1 Å². The van der Waals surface area contributed by atoms with E-state index in [4.69, 9.17) is 58.1 Å². The summed E-state index contributed by atoms with van der Waals surface area (Å²) in [5, 5.41) is 18.6. The number of nitrogens with one attached hydrogen (secondary N) is 1. The van der Waals surface area contributed by atoms with Gasteiger partial charge in [0.1, 0.15) is 34.2 Å². The number of carboxylic acid groups (broad SMARTS) is 1. The number of nitrogens with zero attached hydrogens (tertiary/aromatic N) is 7. The molecule has 0 unspecified atom stereocenters. The number of methoxy groups -OCH3 is 4. The van der Waals surface area contributed by atoms with Gasteiger partial charge in [-0.05, 0) is 222 Å². The van der Waals surface area contributed by atoms with Gasteiger partial charge in [-0.1, -0.05) is 45.4 Å². The third kappa shape index (κ3) is 19.4. The Morgan fingerprint density at radius 2 is 0.918 bits per heavy atom. The van der Waals surface area contributed by atoms with E-state index in [1.54, 1.807) is 79.1 Å². The van der Waals surface area contributed by atoms with Crippen LogP contribution in [0.4, 0.5) is 17.1 Å². The molecule has 12 aromatic rings. The van der Waals surface area contributed by atoms with Gasteiger partial charge in [0, 0.05) is 50.4 Å². The van der Waals surface area contributed by atoms with Crippen molar-refractivity contribution in [3.8, 4) is 79.2 Å². The number of carboxylic acids is 1. The second-order valence-corrected chi connectivity index (χ2v) is 25.1. The largest absolute Gasteiger partial charge is 0.496 e. The molecule has 23 nitrogen and oxygen atoms in total. The van der Waals surface area contributed by atoms with Crippen LogP contribution >= 0.6 is 54.9 Å². The molecule has 6 heterocycles. The maximum atomic E-state index is 12.3. The predicted molar refractivity (Wildman–Crippen MR) is 385 cm³/mol. The quantitative estimate of drug-likeness (QED) is 0.0446. The molecule has 0 saturated carbocycles. The summed E-state index contributed by atoms with van der Waals surface area (Å²) in [7, 11) is 6.21. The maximum Gasteiger partial charge on any atom is 0.494 e. The number of carbonyl (C=O) groups excluding carboxylic acids is 2. The number of carbonyl (C=O) groups is 3. The van der Waals surface area contributed by atoms with Crippen molar-refractivity contribution in [2.75, 3.05) is 45.2 Å². The summed E-state index contributed by atoms with van der Waals surface area (Å²) in [6.45, 7) is 11.6. The molecule has 6 N–H and O–H groups in total. The number of amides is 1. The zero-order valence-electron chi connectivity index (χ0n) is 54.7. The predicted octanol–water partition coefficient (Wildman–Crippen LogP) is 15.5. The van der Waals surface area contributed by atoms with Crippen molar-refractivity contribution < 1.29 is 61.0 Å². The van der Waals surface area contributed by atoms with Gasteiger partial charge in [0.25, 0.3) is 5.91 Å². The van der Waals surface area contributed by atoms with E-state index in [1.165, 1.54) is 19.2 Å². The molecule has 28 heteroatoms. The lowest BCUT2D eigenvalue weighted by molar-refractivity contribution is 0.00578. The fourth-order valence-electron chi connectivity index (χ4n) is 8.91. The van der Waals surface area contributed by atoms with Crippen LogP contribution in [-0.2, 0) is 9.31 Å². The third-order valence-electron chi connectivity index (χ3n) is 14.9. The highest BCUT2D eigenvalue weighted by atomic mass is 79.9. The number of oxazole rings is 3. The van der Waals surface area contributed by atoms with Crippen LogP contribution < -0.4 is 41.2 Å². The van der Waals surface area contributed by atoms with Crippen LogP contribution in [0.1, 0.15) is 68.8 Å². The highest BCUT2D eigenvalue weighted by Crippen LogP contribution is 2.39. The summed E-state index contributed by atoms with van der Waals surface area (Å²) in [6.07, 6.45) is 10.1. The van der Waals surface area contributed by atoms with Gasteiger partial charge in [-0.3, -0.25) is 9.59 Å². The zero-order valence-corrected chi connectivity index (χ0v) is 59.5. The first kappa shape index (κ1) is 73.5. The van der Waals surface area contributed by atoms with Gasteiger partial charge in [0.15, 0.2) is 41.3 Å². The second kappa shape index (κ2) is 34.5. The Kier molecular flexibility index (Phi) is 25.9. The number of rotatable bonds is 14. The minimum atomic E-state index is -0.956. The Morgan fingerprint density at radius 1 is 0.531 bits per heavy atom. The monoisotopic (exact) mass is 1490 g/mol. The summed E-state index contributed by atoms with van der Waals surface area (Å²) in [5.41, 5.74) is 22.4. The molecule has 1 aliphatic rings. The normalized spacial score (nSPS) is 12.2. The minimum Gasteiger partial charge on any atom is -0.496 e. The lowest BCUT2D eigenvalue weighted by atomic mass is 9.79. The highest BCUT2D eigenvalue weighted by molar-refractivity contribution is 9.11. The molecule has 0 bridgehead atoms. The van der Waals surface area contributed by atoms with E-state index >= 15 is 0 Å². The van der Waals surface area contributed by atoms with E-state index in [1.807, 2.05) is 155 Å². The topological polar surface area (TPSA) is 321 Å². The van der Waals surface area contributed by atoms with Crippen LogP contribution in [-0.4, -0.2) is 104 Å². The fraction of sp³-hybridized carbons (Fsp3) is 0.171. The van der Waals surface area contributed by atoms with E-state index in [0.717, 1.165) is 129 Å². The van der Waals surface area contributed by atoms with Crippen molar-refractivity contribution in [1.82, 2.24) is 34.1 Å². The van der Waals surface area contributed by atoms with E-state index in [9.17, 15) is 14.4 Å². The van der Waals surface area contributed by atoms with Gasteiger partial charge in [0.05, 0.1) is 78.6 Å². The molecule has 1 aliphatic heterocycles. The number of nitrogen functional groups attached to an aromatic ring is 2. The second-order valence-electron chi connectivity index (χ2n) is 21.9. The van der Waals surface area contributed by atoms with Gasteiger partial charge >= 0.3 is 13.1 Å². The molecule has 0 atom stereocenters. The molecule has 0 spiro atoms. The number of aldehydes is 1. The van der Waals surface area contributed by atoms with Crippen LogP contribution in [0.2, 0.25) is 0 Å². The molecule has 0 aliphatic carbocycles. The SMILES string of the molecule is CC1(C)OB(c2ccc(N)cc2)OC1(C)C.COc1ccc(-c2cnco2)cc1-c1ccc(N)cc1.COc1ccc(-c2cnco2)cc1-c1ccc(NC(=O)c2snnc2C)cc1.COc1ccc(-c2cnco2)cc1Br.COc1ccc(C=O)cc1Br.Cc1nnsc1C(=O)O.